The number of methoxy groups -OCH3 is 1. The van der Waals surface area contributed by atoms with Crippen molar-refractivity contribution in [3.8, 4) is 5.75 Å². The molecule has 3 N–H and O–H groups in total. The zero-order valence-electron chi connectivity index (χ0n) is 18.6. The van der Waals surface area contributed by atoms with Gasteiger partial charge in [-0.05, 0) is 48.0 Å². The summed E-state index contributed by atoms with van der Waals surface area (Å²) in [5.74, 6) is -0.417. The van der Waals surface area contributed by atoms with E-state index in [4.69, 9.17) is 31.5 Å². The van der Waals surface area contributed by atoms with Crippen LogP contribution in [0.5, 0.6) is 5.75 Å². The summed E-state index contributed by atoms with van der Waals surface area (Å²) in [6.07, 6.45) is 1.22. The minimum absolute atomic E-state index is 0.0192. The second-order valence-corrected chi connectivity index (χ2v) is 9.88. The first-order chi connectivity index (χ1) is 16.2. The molecule has 0 aromatic heterocycles. The van der Waals surface area contributed by atoms with Gasteiger partial charge in [-0.1, -0.05) is 23.7 Å². The van der Waals surface area contributed by atoms with Crippen LogP contribution in [0.3, 0.4) is 0 Å². The van der Waals surface area contributed by atoms with Crippen molar-refractivity contribution in [2.75, 3.05) is 33.4 Å². The maximum absolute atomic E-state index is 13.0. The van der Waals surface area contributed by atoms with E-state index >= 15 is 0 Å². The number of nitrogens with two attached hydrogens (primary N) is 1. The summed E-state index contributed by atoms with van der Waals surface area (Å²) in [5.41, 5.74) is 6.33. The number of benzene rings is 2. The lowest BCUT2D eigenvalue weighted by Crippen LogP contribution is -2.38. The molecular formula is C23H27ClN2O7S. The largest absolute Gasteiger partial charge is 0.497 e. The van der Waals surface area contributed by atoms with Crippen molar-refractivity contribution in [2.45, 2.75) is 23.5 Å². The zero-order valence-corrected chi connectivity index (χ0v) is 20.2. The summed E-state index contributed by atoms with van der Waals surface area (Å²) in [5, 5.41) is 9.98. The highest BCUT2D eigenvalue weighted by atomic mass is 35.5. The number of amides is 1. The molecule has 2 aromatic rings. The number of aliphatic hydroxyl groups is 1. The molecule has 2 aromatic carbocycles. The molecular weight excluding hydrogens is 484 g/mol. The first-order valence-electron chi connectivity index (χ1n) is 10.5. The fourth-order valence-electron chi connectivity index (χ4n) is 3.52. The van der Waals surface area contributed by atoms with Gasteiger partial charge in [-0.3, -0.25) is 4.79 Å². The van der Waals surface area contributed by atoms with E-state index in [9.17, 15) is 18.3 Å². The third kappa shape index (κ3) is 6.49. The molecule has 2 atom stereocenters. The summed E-state index contributed by atoms with van der Waals surface area (Å²) in [6.45, 7) is -0.527. The van der Waals surface area contributed by atoms with Crippen LogP contribution in [0.25, 0.3) is 0 Å². The molecule has 9 nitrogen and oxygen atoms in total. The molecule has 0 spiro atoms. The van der Waals surface area contributed by atoms with Crippen molar-refractivity contribution in [2.24, 2.45) is 5.73 Å². The summed E-state index contributed by atoms with van der Waals surface area (Å²) < 4.78 is 43.6. The van der Waals surface area contributed by atoms with E-state index < -0.39 is 22.2 Å². The predicted octanol–water partition coefficient (Wildman–Crippen LogP) is 2.25. The highest BCUT2D eigenvalue weighted by Gasteiger charge is 2.29. The smallest absolute Gasteiger partial charge is 0.283 e. The van der Waals surface area contributed by atoms with Gasteiger partial charge in [0.05, 0.1) is 25.2 Å². The van der Waals surface area contributed by atoms with E-state index in [1.807, 2.05) is 12.1 Å². The number of carbonyl (C=O) groups is 1. The number of ether oxygens (including phenoxy) is 3. The van der Waals surface area contributed by atoms with Gasteiger partial charge in [-0.25, -0.2) is 8.42 Å². The van der Waals surface area contributed by atoms with Gasteiger partial charge in [-0.2, -0.15) is 4.31 Å². The van der Waals surface area contributed by atoms with Crippen LogP contribution in [0.15, 0.2) is 65.3 Å². The zero-order chi connectivity index (χ0) is 24.7. The minimum atomic E-state index is -3.87. The fraction of sp³-hybridized carbons (Fsp3) is 0.348. The Labute approximate surface area is 203 Å². The van der Waals surface area contributed by atoms with E-state index in [-0.39, 0.29) is 42.9 Å². The number of rotatable bonds is 11. The van der Waals surface area contributed by atoms with Crippen LogP contribution in [0, 0.1) is 0 Å². The lowest BCUT2D eigenvalue weighted by molar-refractivity contribution is -0.144. The third-order valence-corrected chi connectivity index (χ3v) is 7.45. The number of hydrogen-bond donors (Lipinski definition) is 2. The molecule has 1 aliphatic rings. The van der Waals surface area contributed by atoms with Gasteiger partial charge in [0.1, 0.15) is 5.75 Å². The van der Waals surface area contributed by atoms with E-state index in [0.29, 0.717) is 17.2 Å². The number of hydrogen-bond acceptors (Lipinski definition) is 7. The first-order valence-corrected chi connectivity index (χ1v) is 12.4. The Morgan fingerprint density at radius 3 is 2.44 bits per heavy atom. The molecule has 1 aliphatic heterocycles. The van der Waals surface area contributed by atoms with Gasteiger partial charge >= 0.3 is 0 Å². The molecule has 34 heavy (non-hydrogen) atoms. The normalized spacial score (nSPS) is 18.3. The van der Waals surface area contributed by atoms with Crippen molar-refractivity contribution >= 4 is 27.5 Å². The standard InChI is InChI=1S/C23H27ClN2O7S/c1-31-19-6-8-20(9-7-19)34(29,30)26(10-12-27)11-13-32-22-15-17(14-21(33-22)23(25)28)16-2-4-18(24)5-3-16/h2-9,14,17,22,27H,10-13,15H2,1H3,(H2,25,28)/t17-,22+/m0/s1. The highest BCUT2D eigenvalue weighted by Crippen LogP contribution is 2.32. The summed E-state index contributed by atoms with van der Waals surface area (Å²) in [4.78, 5) is 11.8. The van der Waals surface area contributed by atoms with Crippen LogP contribution in [0.4, 0.5) is 0 Å². The van der Waals surface area contributed by atoms with Crippen molar-refractivity contribution in [1.82, 2.24) is 4.31 Å². The minimum Gasteiger partial charge on any atom is -0.497 e. The van der Waals surface area contributed by atoms with Crippen LogP contribution in [0.2, 0.25) is 5.02 Å². The van der Waals surface area contributed by atoms with E-state index in [2.05, 4.69) is 0 Å². The maximum Gasteiger partial charge on any atom is 0.283 e. The molecule has 3 rings (SSSR count). The van der Waals surface area contributed by atoms with Crippen LogP contribution in [-0.2, 0) is 24.3 Å². The number of nitrogens with zero attached hydrogens (tertiary/aromatic N) is 1. The first kappa shape index (κ1) is 26.0. The van der Waals surface area contributed by atoms with Crippen molar-refractivity contribution in [3.63, 3.8) is 0 Å². The molecule has 11 heteroatoms. The molecule has 0 unspecified atom stereocenters. The van der Waals surface area contributed by atoms with Crippen LogP contribution >= 0.6 is 11.6 Å². The number of sulfonamides is 1. The Balaban J connectivity index is 1.67. The lowest BCUT2D eigenvalue weighted by Gasteiger charge is -2.29. The summed E-state index contributed by atoms with van der Waals surface area (Å²) in [6, 6.07) is 13.1. The van der Waals surface area contributed by atoms with Gasteiger partial charge in [0.15, 0.2) is 5.76 Å². The number of primary amides is 1. The SMILES string of the molecule is COc1ccc(S(=O)(=O)N(CCO)CCO[C@H]2C[C@@H](c3ccc(Cl)cc3)C=C(C(N)=O)O2)cc1. The average Bonchev–Trinajstić information content (AvgIpc) is 2.83. The molecule has 1 heterocycles. The van der Waals surface area contributed by atoms with Crippen LogP contribution in [-0.4, -0.2) is 63.4 Å². The molecule has 0 aliphatic carbocycles. The molecule has 0 saturated heterocycles. The molecule has 0 saturated carbocycles. The second kappa shape index (κ2) is 11.7. The van der Waals surface area contributed by atoms with Gasteiger partial charge in [-0.15, -0.1) is 0 Å². The highest BCUT2D eigenvalue weighted by molar-refractivity contribution is 7.89. The van der Waals surface area contributed by atoms with E-state index in [1.165, 1.54) is 19.2 Å². The van der Waals surface area contributed by atoms with E-state index in [0.717, 1.165) is 9.87 Å². The fourth-order valence-corrected chi connectivity index (χ4v) is 5.06. The maximum atomic E-state index is 13.0. The topological polar surface area (TPSA) is 128 Å². The van der Waals surface area contributed by atoms with Crippen molar-refractivity contribution in [3.05, 3.63) is 71.0 Å². The van der Waals surface area contributed by atoms with Crippen molar-refractivity contribution in [1.29, 1.82) is 0 Å². The molecule has 184 valence electrons. The summed E-state index contributed by atoms with van der Waals surface area (Å²) >= 11 is 5.96. The van der Waals surface area contributed by atoms with Crippen molar-refractivity contribution < 1.29 is 32.5 Å². The summed E-state index contributed by atoms with van der Waals surface area (Å²) in [7, 11) is -2.39. The Morgan fingerprint density at radius 2 is 1.85 bits per heavy atom. The van der Waals surface area contributed by atoms with Gasteiger partial charge in [0.2, 0.25) is 16.3 Å². The third-order valence-electron chi connectivity index (χ3n) is 5.29. The van der Waals surface area contributed by atoms with Gasteiger partial charge in [0.25, 0.3) is 5.91 Å². The Hall–Kier alpha value is -2.63. The Morgan fingerprint density at radius 1 is 1.18 bits per heavy atom. The van der Waals surface area contributed by atoms with Gasteiger partial charge in [0, 0.05) is 30.5 Å². The molecule has 1 amide bonds. The molecule has 0 radical (unpaired) electrons. The average molecular weight is 511 g/mol. The Kier molecular flexibility index (Phi) is 8.92. The monoisotopic (exact) mass is 510 g/mol. The molecule has 0 bridgehead atoms. The predicted molar refractivity (Wildman–Crippen MR) is 126 cm³/mol. The second-order valence-electron chi connectivity index (χ2n) is 7.51. The quantitative estimate of drug-likeness (QED) is 0.474. The van der Waals surface area contributed by atoms with Crippen LogP contribution < -0.4 is 10.5 Å². The molecule has 0 fully saturated rings. The Bertz CT molecular complexity index is 1110. The number of carbonyl (C=O) groups excluding carboxylic acids is 1. The number of allylic oxidation sites excluding steroid dienone is 1. The number of halogens is 1. The van der Waals surface area contributed by atoms with Crippen LogP contribution in [0.1, 0.15) is 17.9 Å². The van der Waals surface area contributed by atoms with E-state index in [1.54, 1.807) is 30.3 Å². The number of aliphatic hydroxyl groups excluding tert-OH is 1. The lowest BCUT2D eigenvalue weighted by atomic mass is 9.93. The van der Waals surface area contributed by atoms with Gasteiger partial charge < -0.3 is 25.1 Å².